The third-order valence-electron chi connectivity index (χ3n) is 2.72. The van der Waals surface area contributed by atoms with Crippen molar-refractivity contribution < 1.29 is 14.6 Å². The van der Waals surface area contributed by atoms with Crippen LogP contribution in [0.2, 0.25) is 5.02 Å². The van der Waals surface area contributed by atoms with Crippen LogP contribution in [0.25, 0.3) is 0 Å². The molecule has 1 N–H and O–H groups in total. The Balaban J connectivity index is 2.15. The number of halogens is 1. The van der Waals surface area contributed by atoms with Gasteiger partial charge in [-0.15, -0.1) is 0 Å². The van der Waals surface area contributed by atoms with Crippen molar-refractivity contribution in [1.82, 2.24) is 0 Å². The van der Waals surface area contributed by atoms with Crippen LogP contribution in [-0.4, -0.2) is 37.4 Å². The first-order chi connectivity index (χ1) is 8.16. The normalized spacial score (nSPS) is 15.9. The number of anilines is 1. The second kappa shape index (κ2) is 5.38. The summed E-state index contributed by atoms with van der Waals surface area (Å²) in [5, 5.41) is 9.31. The van der Waals surface area contributed by atoms with E-state index < -0.39 is 5.97 Å². The zero-order chi connectivity index (χ0) is 12.3. The van der Waals surface area contributed by atoms with Gasteiger partial charge in [-0.25, -0.2) is 0 Å². The van der Waals surface area contributed by atoms with Crippen molar-refractivity contribution >= 4 is 23.3 Å². The number of hydrogen-bond acceptors (Lipinski definition) is 3. The van der Waals surface area contributed by atoms with Crippen LogP contribution >= 0.6 is 11.6 Å². The maximum absolute atomic E-state index is 10.6. The summed E-state index contributed by atoms with van der Waals surface area (Å²) in [6, 6.07) is 5.41. The minimum absolute atomic E-state index is 0.00309. The molecule has 92 valence electrons. The number of ether oxygens (including phenoxy) is 1. The number of benzene rings is 1. The average molecular weight is 256 g/mol. The van der Waals surface area contributed by atoms with E-state index in [9.17, 15) is 4.79 Å². The van der Waals surface area contributed by atoms with Crippen LogP contribution in [0.4, 0.5) is 5.69 Å². The Labute approximate surface area is 105 Å². The van der Waals surface area contributed by atoms with Crippen LogP contribution in [0.1, 0.15) is 5.56 Å². The van der Waals surface area contributed by atoms with Gasteiger partial charge in [0, 0.05) is 13.1 Å². The van der Waals surface area contributed by atoms with Gasteiger partial charge >= 0.3 is 5.97 Å². The molecule has 1 saturated heterocycles. The molecule has 0 spiro atoms. The number of carbonyl (C=O) groups is 1. The van der Waals surface area contributed by atoms with E-state index in [0.717, 1.165) is 24.3 Å². The highest BCUT2D eigenvalue weighted by Gasteiger charge is 2.14. The van der Waals surface area contributed by atoms with Crippen molar-refractivity contribution in [2.45, 2.75) is 6.42 Å². The van der Waals surface area contributed by atoms with E-state index in [0.29, 0.717) is 18.2 Å². The minimum Gasteiger partial charge on any atom is -0.481 e. The Bertz CT molecular complexity index is 416. The molecule has 1 heterocycles. The van der Waals surface area contributed by atoms with Gasteiger partial charge in [0.15, 0.2) is 0 Å². The molecule has 0 amide bonds. The Morgan fingerprint density at radius 1 is 1.41 bits per heavy atom. The molecule has 0 unspecified atom stereocenters. The molecule has 2 rings (SSSR count). The van der Waals surface area contributed by atoms with E-state index in [1.165, 1.54) is 0 Å². The van der Waals surface area contributed by atoms with Crippen LogP contribution in [0.5, 0.6) is 0 Å². The highest BCUT2D eigenvalue weighted by atomic mass is 35.5. The molecule has 0 aliphatic carbocycles. The fourth-order valence-corrected chi connectivity index (χ4v) is 2.22. The zero-order valence-corrected chi connectivity index (χ0v) is 10.1. The Morgan fingerprint density at radius 2 is 2.12 bits per heavy atom. The van der Waals surface area contributed by atoms with Gasteiger partial charge in [-0.3, -0.25) is 4.79 Å². The van der Waals surface area contributed by atoms with Crippen LogP contribution in [-0.2, 0) is 16.0 Å². The monoisotopic (exact) mass is 255 g/mol. The molecule has 0 bridgehead atoms. The molecule has 5 heteroatoms. The zero-order valence-electron chi connectivity index (χ0n) is 9.36. The molecule has 17 heavy (non-hydrogen) atoms. The molecule has 4 nitrogen and oxygen atoms in total. The number of morpholine rings is 1. The number of rotatable bonds is 3. The standard InChI is InChI=1S/C12H14ClNO3/c13-10-7-9(8-12(15)16)1-2-11(10)14-3-5-17-6-4-14/h1-2,7H,3-6,8H2,(H,15,16). The highest BCUT2D eigenvalue weighted by Crippen LogP contribution is 2.27. The topological polar surface area (TPSA) is 49.8 Å². The Morgan fingerprint density at radius 3 is 2.71 bits per heavy atom. The summed E-state index contributed by atoms with van der Waals surface area (Å²) >= 11 is 6.17. The number of hydrogen-bond donors (Lipinski definition) is 1. The van der Waals surface area contributed by atoms with Crippen LogP contribution in [0.15, 0.2) is 18.2 Å². The van der Waals surface area contributed by atoms with E-state index in [1.54, 1.807) is 6.07 Å². The molecule has 1 aromatic rings. The molecule has 1 aromatic carbocycles. The number of aliphatic carboxylic acids is 1. The molecule has 0 radical (unpaired) electrons. The van der Waals surface area contributed by atoms with Crippen LogP contribution in [0.3, 0.4) is 0 Å². The van der Waals surface area contributed by atoms with Gasteiger partial charge in [0.05, 0.1) is 30.3 Å². The lowest BCUT2D eigenvalue weighted by Gasteiger charge is -2.29. The minimum atomic E-state index is -0.847. The second-order valence-corrected chi connectivity index (χ2v) is 4.36. The van der Waals surface area contributed by atoms with Crippen molar-refractivity contribution in [3.8, 4) is 0 Å². The maximum atomic E-state index is 10.6. The van der Waals surface area contributed by atoms with Gasteiger partial charge in [-0.2, -0.15) is 0 Å². The van der Waals surface area contributed by atoms with Gasteiger partial charge in [0.2, 0.25) is 0 Å². The van der Waals surface area contributed by atoms with Gasteiger partial charge in [-0.1, -0.05) is 17.7 Å². The van der Waals surface area contributed by atoms with Gasteiger partial charge < -0.3 is 14.7 Å². The summed E-state index contributed by atoms with van der Waals surface area (Å²) in [7, 11) is 0. The second-order valence-electron chi connectivity index (χ2n) is 3.96. The number of carboxylic acids is 1. The molecule has 0 saturated carbocycles. The largest absolute Gasteiger partial charge is 0.481 e. The lowest BCUT2D eigenvalue weighted by atomic mass is 10.1. The molecule has 1 aliphatic rings. The summed E-state index contributed by atoms with van der Waals surface area (Å²) in [4.78, 5) is 12.7. The predicted octanol–water partition coefficient (Wildman–Crippen LogP) is 1.80. The molecule has 1 fully saturated rings. The maximum Gasteiger partial charge on any atom is 0.307 e. The summed E-state index contributed by atoms with van der Waals surface area (Å²) in [5.74, 6) is -0.847. The van der Waals surface area contributed by atoms with Crippen molar-refractivity contribution in [2.75, 3.05) is 31.2 Å². The van der Waals surface area contributed by atoms with Gasteiger partial charge in [0.25, 0.3) is 0 Å². The lowest BCUT2D eigenvalue weighted by Crippen LogP contribution is -2.36. The fraction of sp³-hybridized carbons (Fsp3) is 0.417. The van der Waals surface area contributed by atoms with E-state index in [4.69, 9.17) is 21.4 Å². The van der Waals surface area contributed by atoms with Crippen molar-refractivity contribution in [3.05, 3.63) is 28.8 Å². The van der Waals surface area contributed by atoms with E-state index >= 15 is 0 Å². The smallest absolute Gasteiger partial charge is 0.307 e. The Hall–Kier alpha value is -1.26. The summed E-state index contributed by atoms with van der Waals surface area (Å²) in [5.41, 5.74) is 1.67. The molecule has 0 atom stereocenters. The fourth-order valence-electron chi connectivity index (χ4n) is 1.90. The average Bonchev–Trinajstić information content (AvgIpc) is 2.29. The first-order valence-corrected chi connectivity index (χ1v) is 5.87. The Kier molecular flexibility index (Phi) is 3.86. The first-order valence-electron chi connectivity index (χ1n) is 5.50. The quantitative estimate of drug-likeness (QED) is 0.895. The van der Waals surface area contributed by atoms with Crippen molar-refractivity contribution in [2.24, 2.45) is 0 Å². The van der Waals surface area contributed by atoms with E-state index in [-0.39, 0.29) is 6.42 Å². The molecule has 0 aromatic heterocycles. The lowest BCUT2D eigenvalue weighted by molar-refractivity contribution is -0.136. The summed E-state index contributed by atoms with van der Waals surface area (Å²) < 4.78 is 5.27. The van der Waals surface area contributed by atoms with Crippen molar-refractivity contribution in [3.63, 3.8) is 0 Å². The number of carboxylic acid groups (broad SMARTS) is 1. The molecular weight excluding hydrogens is 242 g/mol. The van der Waals surface area contributed by atoms with Crippen LogP contribution in [0, 0.1) is 0 Å². The third kappa shape index (κ3) is 3.11. The van der Waals surface area contributed by atoms with E-state index in [1.807, 2.05) is 12.1 Å². The van der Waals surface area contributed by atoms with Crippen LogP contribution < -0.4 is 4.90 Å². The SMILES string of the molecule is O=C(O)Cc1ccc(N2CCOCC2)c(Cl)c1. The van der Waals surface area contributed by atoms with Gasteiger partial charge in [0.1, 0.15) is 0 Å². The highest BCUT2D eigenvalue weighted by molar-refractivity contribution is 6.33. The third-order valence-corrected chi connectivity index (χ3v) is 3.02. The van der Waals surface area contributed by atoms with Gasteiger partial charge in [-0.05, 0) is 17.7 Å². The van der Waals surface area contributed by atoms with E-state index in [2.05, 4.69) is 4.90 Å². The molecule has 1 aliphatic heterocycles. The predicted molar refractivity (Wildman–Crippen MR) is 65.8 cm³/mol. The number of nitrogens with zero attached hydrogens (tertiary/aromatic N) is 1. The molecular formula is C12H14ClNO3. The summed E-state index contributed by atoms with van der Waals surface area (Å²) in [6.07, 6.45) is 0.00309. The first kappa shape index (κ1) is 12.2. The van der Waals surface area contributed by atoms with Crippen molar-refractivity contribution in [1.29, 1.82) is 0 Å². The summed E-state index contributed by atoms with van der Waals surface area (Å²) in [6.45, 7) is 3.04.